The Hall–Kier alpha value is -1.28. The maximum Gasteiger partial charge on any atom is 0.0889 e. The Morgan fingerprint density at radius 2 is 2.00 bits per heavy atom. The summed E-state index contributed by atoms with van der Waals surface area (Å²) in [6.45, 7) is 4.39. The van der Waals surface area contributed by atoms with E-state index in [1.165, 1.54) is 29.4 Å². The number of benzene rings is 1. The number of H-pyrrole nitrogens is 1. The van der Waals surface area contributed by atoms with Crippen molar-refractivity contribution in [2.45, 2.75) is 38.6 Å². The first kappa shape index (κ1) is 11.2. The highest BCUT2D eigenvalue weighted by Crippen LogP contribution is 2.17. The molecule has 0 radical (unpaired) electrons. The molecule has 2 rings (SSSR count). The van der Waals surface area contributed by atoms with E-state index in [1.807, 2.05) is 0 Å². The molecule has 1 heterocycles. The van der Waals surface area contributed by atoms with Crippen LogP contribution >= 0.6 is 0 Å². The Kier molecular flexibility index (Phi) is 3.01. The van der Waals surface area contributed by atoms with Gasteiger partial charge in [-0.2, -0.15) is 0 Å². The number of nitrogens with one attached hydrogen (secondary N) is 1. The van der Waals surface area contributed by atoms with Gasteiger partial charge in [-0.15, -0.1) is 0 Å². The second-order valence-electron chi connectivity index (χ2n) is 5.40. The summed E-state index contributed by atoms with van der Waals surface area (Å²) >= 11 is 0. The van der Waals surface area contributed by atoms with Crippen LogP contribution in [0, 0.1) is 0 Å². The van der Waals surface area contributed by atoms with Crippen LogP contribution in [0.1, 0.15) is 32.4 Å². The number of fused-ring (bicyclic) bond motifs is 1. The van der Waals surface area contributed by atoms with Crippen molar-refractivity contribution in [3.8, 4) is 0 Å². The Balaban J connectivity index is 2.00. The fourth-order valence-corrected chi connectivity index (χ4v) is 2.03. The monoisotopic (exact) mass is 217 g/mol. The van der Waals surface area contributed by atoms with Crippen molar-refractivity contribution < 1.29 is 5.73 Å². The molecule has 0 aliphatic heterocycles. The van der Waals surface area contributed by atoms with Crippen LogP contribution in [0.4, 0.5) is 0 Å². The molecule has 2 aromatic rings. The van der Waals surface area contributed by atoms with E-state index in [1.54, 1.807) is 0 Å². The lowest BCUT2D eigenvalue weighted by molar-refractivity contribution is -0.467. The Bertz CT molecular complexity index is 430. The van der Waals surface area contributed by atoms with Crippen molar-refractivity contribution in [1.29, 1.82) is 0 Å². The summed E-state index contributed by atoms with van der Waals surface area (Å²) in [5.41, 5.74) is 6.91. The molecule has 0 saturated carbocycles. The molecule has 0 unspecified atom stereocenters. The van der Waals surface area contributed by atoms with Crippen molar-refractivity contribution in [3.63, 3.8) is 0 Å². The van der Waals surface area contributed by atoms with Gasteiger partial charge in [-0.05, 0) is 44.2 Å². The third-order valence-electron chi connectivity index (χ3n) is 2.89. The molecule has 0 amide bonds. The minimum absolute atomic E-state index is 0.200. The van der Waals surface area contributed by atoms with E-state index in [-0.39, 0.29) is 5.54 Å². The lowest BCUT2D eigenvalue weighted by atomic mass is 9.98. The first-order chi connectivity index (χ1) is 7.54. The molecule has 0 spiro atoms. The van der Waals surface area contributed by atoms with Crippen molar-refractivity contribution >= 4 is 10.9 Å². The molecule has 0 bridgehead atoms. The maximum atomic E-state index is 4.13. The zero-order chi connectivity index (χ0) is 11.6. The number of quaternary nitrogens is 1. The molecule has 0 atom stereocenters. The van der Waals surface area contributed by atoms with Crippen LogP contribution in [0.25, 0.3) is 10.9 Å². The fourth-order valence-electron chi connectivity index (χ4n) is 2.03. The molecule has 2 heteroatoms. The summed E-state index contributed by atoms with van der Waals surface area (Å²) in [5, 5.41) is 1.31. The SMILES string of the molecule is CC(C)([NH3+])CCCc1cc2ccccc2[nH]1. The van der Waals surface area contributed by atoms with Crippen molar-refractivity contribution in [2.24, 2.45) is 0 Å². The number of aromatic amines is 1. The molecule has 0 aliphatic carbocycles. The van der Waals surface area contributed by atoms with E-state index in [9.17, 15) is 0 Å². The smallest absolute Gasteiger partial charge is 0.0889 e. The molecule has 0 fully saturated rings. The summed E-state index contributed by atoms with van der Waals surface area (Å²) in [5.74, 6) is 0. The predicted octanol–water partition coefficient (Wildman–Crippen LogP) is 2.51. The zero-order valence-electron chi connectivity index (χ0n) is 10.2. The number of rotatable bonds is 4. The van der Waals surface area contributed by atoms with E-state index in [2.05, 4.69) is 54.9 Å². The molecule has 1 aromatic carbocycles. The second-order valence-corrected chi connectivity index (χ2v) is 5.40. The van der Waals surface area contributed by atoms with Gasteiger partial charge < -0.3 is 10.7 Å². The lowest BCUT2D eigenvalue weighted by Crippen LogP contribution is -2.68. The quantitative estimate of drug-likeness (QED) is 0.790. The van der Waals surface area contributed by atoms with Gasteiger partial charge in [-0.1, -0.05) is 18.2 Å². The van der Waals surface area contributed by atoms with Gasteiger partial charge in [0.15, 0.2) is 0 Å². The van der Waals surface area contributed by atoms with Gasteiger partial charge in [0.1, 0.15) is 0 Å². The highest BCUT2D eigenvalue weighted by atomic mass is 14.7. The molecule has 0 saturated heterocycles. The van der Waals surface area contributed by atoms with Crippen molar-refractivity contribution in [3.05, 3.63) is 36.0 Å². The van der Waals surface area contributed by atoms with E-state index < -0.39 is 0 Å². The third-order valence-corrected chi connectivity index (χ3v) is 2.89. The van der Waals surface area contributed by atoms with Gasteiger partial charge in [0.25, 0.3) is 0 Å². The highest BCUT2D eigenvalue weighted by Gasteiger charge is 2.13. The number of para-hydroxylation sites is 1. The molecular weight excluding hydrogens is 196 g/mol. The second kappa shape index (κ2) is 4.30. The van der Waals surface area contributed by atoms with Crippen LogP contribution in [0.15, 0.2) is 30.3 Å². The van der Waals surface area contributed by atoms with Crippen LogP contribution in [-0.2, 0) is 6.42 Å². The molecule has 0 aliphatic rings. The largest absolute Gasteiger partial charge is 0.358 e. The fraction of sp³-hybridized carbons (Fsp3) is 0.429. The van der Waals surface area contributed by atoms with Crippen molar-refractivity contribution in [2.75, 3.05) is 0 Å². The number of hydrogen-bond donors (Lipinski definition) is 2. The Morgan fingerprint density at radius 3 is 2.69 bits per heavy atom. The van der Waals surface area contributed by atoms with Gasteiger partial charge in [-0.25, -0.2) is 0 Å². The highest BCUT2D eigenvalue weighted by molar-refractivity contribution is 5.80. The summed E-state index contributed by atoms with van der Waals surface area (Å²) in [7, 11) is 0. The van der Waals surface area contributed by atoms with Crippen LogP contribution in [-0.4, -0.2) is 10.5 Å². The summed E-state index contributed by atoms with van der Waals surface area (Å²) in [6.07, 6.45) is 3.49. The minimum Gasteiger partial charge on any atom is -0.358 e. The number of hydrogen-bond acceptors (Lipinski definition) is 0. The zero-order valence-corrected chi connectivity index (χ0v) is 10.2. The first-order valence-corrected chi connectivity index (χ1v) is 5.97. The lowest BCUT2D eigenvalue weighted by Gasteiger charge is -2.13. The van der Waals surface area contributed by atoms with Gasteiger partial charge in [-0.3, -0.25) is 0 Å². The molecule has 1 aromatic heterocycles. The van der Waals surface area contributed by atoms with Crippen LogP contribution in [0.2, 0.25) is 0 Å². The molecular formula is C14H21N2+. The normalized spacial score (nSPS) is 12.2. The van der Waals surface area contributed by atoms with E-state index in [0.717, 1.165) is 6.42 Å². The average Bonchev–Trinajstić information content (AvgIpc) is 2.57. The molecule has 16 heavy (non-hydrogen) atoms. The Morgan fingerprint density at radius 1 is 1.25 bits per heavy atom. The number of aromatic nitrogens is 1. The van der Waals surface area contributed by atoms with Crippen LogP contribution in [0.5, 0.6) is 0 Å². The summed E-state index contributed by atoms with van der Waals surface area (Å²) < 4.78 is 0. The first-order valence-electron chi connectivity index (χ1n) is 5.97. The maximum absolute atomic E-state index is 4.13. The van der Waals surface area contributed by atoms with Crippen LogP contribution < -0.4 is 5.73 Å². The van der Waals surface area contributed by atoms with Crippen molar-refractivity contribution in [1.82, 2.24) is 4.98 Å². The minimum atomic E-state index is 0.200. The van der Waals surface area contributed by atoms with Crippen LogP contribution in [0.3, 0.4) is 0 Å². The molecule has 86 valence electrons. The third kappa shape index (κ3) is 2.86. The average molecular weight is 217 g/mol. The van der Waals surface area contributed by atoms with Gasteiger partial charge >= 0.3 is 0 Å². The van der Waals surface area contributed by atoms with E-state index in [4.69, 9.17) is 0 Å². The summed E-state index contributed by atoms with van der Waals surface area (Å²) in [4.78, 5) is 3.46. The van der Waals surface area contributed by atoms with Gasteiger partial charge in [0.2, 0.25) is 0 Å². The topological polar surface area (TPSA) is 43.4 Å². The predicted molar refractivity (Wildman–Crippen MR) is 68.2 cm³/mol. The number of aryl methyl sites for hydroxylation is 1. The van der Waals surface area contributed by atoms with Gasteiger partial charge in [0.05, 0.1) is 5.54 Å². The summed E-state index contributed by atoms with van der Waals surface area (Å²) in [6, 6.07) is 10.7. The standard InChI is InChI=1S/C14H20N2/c1-14(2,15)9-5-7-12-10-11-6-3-4-8-13(11)16-12/h3-4,6,8,10,16H,5,7,9,15H2,1-2H3/p+1. The van der Waals surface area contributed by atoms with E-state index in [0.29, 0.717) is 0 Å². The van der Waals surface area contributed by atoms with E-state index >= 15 is 0 Å². The Labute approximate surface area is 96.9 Å². The van der Waals surface area contributed by atoms with Gasteiger partial charge in [0, 0.05) is 17.6 Å². The molecule has 4 N–H and O–H groups in total. The molecule has 2 nitrogen and oxygen atoms in total.